The van der Waals surface area contributed by atoms with Gasteiger partial charge in [-0.2, -0.15) is 0 Å². The van der Waals surface area contributed by atoms with Crippen molar-refractivity contribution in [2.24, 2.45) is 0 Å². The fourth-order valence-electron chi connectivity index (χ4n) is 2.46. The van der Waals surface area contributed by atoms with Gasteiger partial charge < -0.3 is 15.2 Å². The molecule has 3 aromatic rings. The Kier molecular flexibility index (Phi) is 7.24. The summed E-state index contributed by atoms with van der Waals surface area (Å²) in [7, 11) is 0. The van der Waals surface area contributed by atoms with E-state index in [2.05, 4.69) is 25.8 Å². The van der Waals surface area contributed by atoms with Crippen LogP contribution >= 0.6 is 34.7 Å². The second kappa shape index (κ2) is 9.86. The van der Waals surface area contributed by atoms with Crippen LogP contribution in [0.3, 0.4) is 0 Å². The minimum absolute atomic E-state index is 0.0677. The minimum Gasteiger partial charge on any atom is -0.326 e. The summed E-state index contributed by atoms with van der Waals surface area (Å²) in [6.07, 6.45) is 1.70. The number of amides is 2. The number of carbonyl (C=O) groups excluding carboxylic acids is 2. The number of benzene rings is 1. The van der Waals surface area contributed by atoms with Gasteiger partial charge in [-0.3, -0.25) is 9.59 Å². The predicted octanol–water partition coefficient (Wildman–Crippen LogP) is 3.63. The van der Waals surface area contributed by atoms with Gasteiger partial charge >= 0.3 is 0 Å². The van der Waals surface area contributed by atoms with E-state index in [1.165, 1.54) is 23.1 Å². The van der Waals surface area contributed by atoms with Crippen LogP contribution in [-0.4, -0.2) is 37.3 Å². The molecule has 0 fully saturated rings. The van der Waals surface area contributed by atoms with Crippen molar-refractivity contribution in [1.29, 1.82) is 0 Å². The standard InChI is InChI=1S/C18H19ClN6O2S2/c1-3-25-14(9-15(26)21-12-5-4-11(2)13(19)8-12)23-24-18(25)29-10-16(27)22-17-20-6-7-28-17/h4-8H,3,9-10H2,1-2H3,(H,21,26)(H,20,22,27). The first-order chi connectivity index (χ1) is 14.0. The molecule has 2 aromatic heterocycles. The van der Waals surface area contributed by atoms with E-state index in [1.807, 2.05) is 24.5 Å². The number of nitrogens with zero attached hydrogens (tertiary/aromatic N) is 4. The van der Waals surface area contributed by atoms with Crippen LogP contribution in [0.2, 0.25) is 5.02 Å². The number of nitrogens with one attached hydrogen (secondary N) is 2. The SMILES string of the molecule is CCn1c(CC(=O)Nc2ccc(C)c(Cl)c2)nnc1SCC(=O)Nc1nccs1. The molecule has 0 aliphatic carbocycles. The zero-order valence-electron chi connectivity index (χ0n) is 15.8. The molecule has 0 spiro atoms. The Morgan fingerprint density at radius 2 is 2.07 bits per heavy atom. The molecular formula is C18H19ClN6O2S2. The molecule has 152 valence electrons. The van der Waals surface area contributed by atoms with E-state index in [9.17, 15) is 9.59 Å². The maximum Gasteiger partial charge on any atom is 0.236 e. The van der Waals surface area contributed by atoms with E-state index in [0.29, 0.717) is 33.4 Å². The molecule has 0 saturated carbocycles. The highest BCUT2D eigenvalue weighted by atomic mass is 35.5. The Morgan fingerprint density at radius 1 is 1.24 bits per heavy atom. The van der Waals surface area contributed by atoms with Crippen LogP contribution < -0.4 is 10.6 Å². The molecule has 3 rings (SSSR count). The largest absolute Gasteiger partial charge is 0.326 e. The van der Waals surface area contributed by atoms with Crippen molar-refractivity contribution in [1.82, 2.24) is 19.7 Å². The number of halogens is 1. The average Bonchev–Trinajstić information content (AvgIpc) is 3.32. The van der Waals surface area contributed by atoms with E-state index >= 15 is 0 Å². The van der Waals surface area contributed by atoms with E-state index in [0.717, 1.165) is 5.56 Å². The molecule has 2 heterocycles. The monoisotopic (exact) mass is 450 g/mol. The van der Waals surface area contributed by atoms with Crippen LogP contribution in [0.25, 0.3) is 0 Å². The highest BCUT2D eigenvalue weighted by Crippen LogP contribution is 2.21. The third-order valence-electron chi connectivity index (χ3n) is 3.89. The summed E-state index contributed by atoms with van der Waals surface area (Å²) in [4.78, 5) is 28.4. The number of rotatable bonds is 8. The Bertz CT molecular complexity index is 1010. The minimum atomic E-state index is -0.218. The molecule has 0 unspecified atom stereocenters. The number of aryl methyl sites for hydroxylation is 1. The van der Waals surface area contributed by atoms with Gasteiger partial charge in [0.1, 0.15) is 5.82 Å². The summed E-state index contributed by atoms with van der Waals surface area (Å²) in [5.41, 5.74) is 1.57. The topological polar surface area (TPSA) is 102 Å². The van der Waals surface area contributed by atoms with Gasteiger partial charge in [0, 0.05) is 28.8 Å². The molecule has 0 bridgehead atoms. The van der Waals surface area contributed by atoms with Gasteiger partial charge in [-0.05, 0) is 31.5 Å². The number of thioether (sulfide) groups is 1. The lowest BCUT2D eigenvalue weighted by molar-refractivity contribution is -0.116. The van der Waals surface area contributed by atoms with Gasteiger partial charge in [-0.15, -0.1) is 21.5 Å². The summed E-state index contributed by atoms with van der Waals surface area (Å²) in [6, 6.07) is 5.35. The molecule has 0 aliphatic rings. The van der Waals surface area contributed by atoms with Gasteiger partial charge in [0.15, 0.2) is 10.3 Å². The molecule has 2 N–H and O–H groups in total. The van der Waals surface area contributed by atoms with E-state index in [-0.39, 0.29) is 24.0 Å². The fraction of sp³-hybridized carbons (Fsp3) is 0.278. The normalized spacial score (nSPS) is 10.7. The highest BCUT2D eigenvalue weighted by Gasteiger charge is 2.16. The first-order valence-electron chi connectivity index (χ1n) is 8.76. The van der Waals surface area contributed by atoms with Gasteiger partial charge in [-0.1, -0.05) is 29.4 Å². The quantitative estimate of drug-likeness (QED) is 0.508. The number of anilines is 2. The number of hydrogen-bond donors (Lipinski definition) is 2. The van der Waals surface area contributed by atoms with Crippen molar-refractivity contribution in [3.8, 4) is 0 Å². The average molecular weight is 451 g/mol. The predicted molar refractivity (Wildman–Crippen MR) is 116 cm³/mol. The summed E-state index contributed by atoms with van der Waals surface area (Å²) in [6.45, 7) is 4.42. The van der Waals surface area contributed by atoms with Crippen LogP contribution in [0.4, 0.5) is 10.8 Å². The highest BCUT2D eigenvalue weighted by molar-refractivity contribution is 7.99. The number of thiazole rings is 1. The lowest BCUT2D eigenvalue weighted by Crippen LogP contribution is -2.18. The summed E-state index contributed by atoms with van der Waals surface area (Å²) in [5, 5.41) is 17.3. The van der Waals surface area contributed by atoms with Crippen molar-refractivity contribution >= 4 is 57.3 Å². The van der Waals surface area contributed by atoms with E-state index < -0.39 is 0 Å². The summed E-state index contributed by atoms with van der Waals surface area (Å²) in [5.74, 6) is 0.313. The maximum absolute atomic E-state index is 12.4. The Balaban J connectivity index is 1.58. The first-order valence-corrected chi connectivity index (χ1v) is 11.0. The van der Waals surface area contributed by atoms with Crippen molar-refractivity contribution < 1.29 is 9.59 Å². The lowest BCUT2D eigenvalue weighted by Gasteiger charge is -2.09. The first kappa shape index (κ1) is 21.3. The molecule has 0 saturated heterocycles. The van der Waals surface area contributed by atoms with Gasteiger partial charge in [0.2, 0.25) is 11.8 Å². The van der Waals surface area contributed by atoms with Crippen LogP contribution in [0.1, 0.15) is 18.3 Å². The number of hydrogen-bond acceptors (Lipinski definition) is 7. The van der Waals surface area contributed by atoms with Gasteiger partial charge in [0.05, 0.1) is 12.2 Å². The Hall–Kier alpha value is -2.43. The zero-order chi connectivity index (χ0) is 20.8. The molecule has 0 atom stereocenters. The van der Waals surface area contributed by atoms with Crippen LogP contribution in [0.5, 0.6) is 0 Å². The van der Waals surface area contributed by atoms with Crippen molar-refractivity contribution in [3.63, 3.8) is 0 Å². The summed E-state index contributed by atoms with van der Waals surface area (Å²) < 4.78 is 1.82. The lowest BCUT2D eigenvalue weighted by atomic mass is 10.2. The second-order valence-electron chi connectivity index (χ2n) is 6.01. The molecule has 8 nitrogen and oxygen atoms in total. The number of aromatic nitrogens is 4. The molecule has 1 aromatic carbocycles. The molecular weight excluding hydrogens is 432 g/mol. The molecule has 0 aliphatic heterocycles. The van der Waals surface area contributed by atoms with Crippen LogP contribution in [0.15, 0.2) is 34.9 Å². The molecule has 29 heavy (non-hydrogen) atoms. The second-order valence-corrected chi connectivity index (χ2v) is 8.25. The smallest absolute Gasteiger partial charge is 0.236 e. The molecule has 2 amide bonds. The van der Waals surface area contributed by atoms with Crippen LogP contribution in [0, 0.1) is 6.92 Å². The van der Waals surface area contributed by atoms with Crippen molar-refractivity contribution in [2.45, 2.75) is 32.0 Å². The number of carbonyl (C=O) groups is 2. The van der Waals surface area contributed by atoms with Gasteiger partial charge in [0.25, 0.3) is 0 Å². The van der Waals surface area contributed by atoms with Crippen molar-refractivity contribution in [2.75, 3.05) is 16.4 Å². The molecule has 0 radical (unpaired) electrons. The van der Waals surface area contributed by atoms with Crippen molar-refractivity contribution in [3.05, 3.63) is 46.2 Å². The van der Waals surface area contributed by atoms with Crippen LogP contribution in [-0.2, 0) is 22.6 Å². The van der Waals surface area contributed by atoms with E-state index in [4.69, 9.17) is 11.6 Å². The third kappa shape index (κ3) is 5.78. The Morgan fingerprint density at radius 3 is 2.76 bits per heavy atom. The maximum atomic E-state index is 12.4. The third-order valence-corrected chi connectivity index (χ3v) is 5.96. The fourth-order valence-corrected chi connectivity index (χ4v) is 4.01. The Labute approximate surface area is 181 Å². The molecule has 11 heteroatoms. The summed E-state index contributed by atoms with van der Waals surface area (Å²) >= 11 is 8.71. The van der Waals surface area contributed by atoms with E-state index in [1.54, 1.807) is 23.7 Å². The zero-order valence-corrected chi connectivity index (χ0v) is 18.2. The van der Waals surface area contributed by atoms with Gasteiger partial charge in [-0.25, -0.2) is 4.98 Å².